The number of rotatable bonds is 8. The second-order valence-electron chi connectivity index (χ2n) is 8.02. The van der Waals surface area contributed by atoms with E-state index in [0.29, 0.717) is 25.4 Å². The van der Waals surface area contributed by atoms with Crippen LogP contribution in [-0.4, -0.2) is 56.4 Å². The number of anilines is 1. The lowest BCUT2D eigenvalue weighted by molar-refractivity contribution is -0.120. The number of amides is 3. The van der Waals surface area contributed by atoms with E-state index in [4.69, 9.17) is 4.74 Å². The molecule has 172 valence electrons. The molecule has 1 aromatic carbocycles. The minimum absolute atomic E-state index is 0.0767. The van der Waals surface area contributed by atoms with Crippen molar-refractivity contribution < 1.29 is 22.7 Å². The number of nitrogens with zero attached hydrogens (tertiary/aromatic N) is 1. The van der Waals surface area contributed by atoms with Crippen molar-refractivity contribution in [2.24, 2.45) is 0 Å². The Kier molecular flexibility index (Phi) is 7.77. The van der Waals surface area contributed by atoms with E-state index in [9.17, 15) is 18.0 Å². The van der Waals surface area contributed by atoms with Crippen LogP contribution in [-0.2, 0) is 14.8 Å². The number of carbonyl (C=O) groups excluding carboxylic acids is 2. The second-order valence-corrected chi connectivity index (χ2v) is 9.92. The minimum Gasteiger partial charge on any atom is -0.492 e. The van der Waals surface area contributed by atoms with Crippen LogP contribution >= 0.6 is 0 Å². The first kappa shape index (κ1) is 23.3. The molecule has 3 N–H and O–H groups in total. The molecule has 2 fully saturated rings. The summed E-state index contributed by atoms with van der Waals surface area (Å²) in [6.45, 7) is 4.72. The van der Waals surface area contributed by atoms with Gasteiger partial charge in [-0.2, -0.15) is 4.31 Å². The van der Waals surface area contributed by atoms with Crippen molar-refractivity contribution >= 4 is 27.6 Å². The van der Waals surface area contributed by atoms with E-state index in [2.05, 4.69) is 16.0 Å². The van der Waals surface area contributed by atoms with Crippen molar-refractivity contribution in [2.75, 3.05) is 25.0 Å². The van der Waals surface area contributed by atoms with Crippen LogP contribution in [0.4, 0.5) is 10.5 Å². The number of sulfonamides is 1. The van der Waals surface area contributed by atoms with Gasteiger partial charge in [-0.3, -0.25) is 10.1 Å². The normalized spacial score (nSPS) is 18.5. The fourth-order valence-corrected chi connectivity index (χ4v) is 5.64. The fraction of sp³-hybridized carbons (Fsp3) is 0.619. The van der Waals surface area contributed by atoms with Crippen LogP contribution < -0.4 is 20.7 Å². The molecule has 1 saturated carbocycles. The van der Waals surface area contributed by atoms with Gasteiger partial charge in [0.15, 0.2) is 0 Å². The lowest BCUT2D eigenvalue weighted by Crippen LogP contribution is -2.48. The topological polar surface area (TPSA) is 117 Å². The zero-order valence-electron chi connectivity index (χ0n) is 18.1. The van der Waals surface area contributed by atoms with E-state index in [1.807, 2.05) is 0 Å². The summed E-state index contributed by atoms with van der Waals surface area (Å²) in [6.07, 6.45) is 5.68. The Balaban J connectivity index is 1.68. The number of ether oxygens (including phenoxy) is 1. The van der Waals surface area contributed by atoms with Crippen molar-refractivity contribution in [1.82, 2.24) is 14.9 Å². The monoisotopic (exact) mass is 452 g/mol. The van der Waals surface area contributed by atoms with E-state index in [1.54, 1.807) is 26.0 Å². The molecule has 1 atom stereocenters. The van der Waals surface area contributed by atoms with Crippen molar-refractivity contribution in [3.63, 3.8) is 0 Å². The zero-order chi connectivity index (χ0) is 22.4. The average Bonchev–Trinajstić information content (AvgIpc) is 3.43. The predicted octanol–water partition coefficient (Wildman–Crippen LogP) is 2.44. The smallest absolute Gasteiger partial charge is 0.321 e. The first-order chi connectivity index (χ1) is 14.8. The van der Waals surface area contributed by atoms with Gasteiger partial charge in [0.1, 0.15) is 16.7 Å². The van der Waals surface area contributed by atoms with Crippen molar-refractivity contribution in [3.05, 3.63) is 18.2 Å². The zero-order valence-corrected chi connectivity index (χ0v) is 19.0. The molecule has 0 spiro atoms. The Morgan fingerprint density at radius 1 is 1.16 bits per heavy atom. The van der Waals surface area contributed by atoms with Gasteiger partial charge in [-0.05, 0) is 57.7 Å². The van der Waals surface area contributed by atoms with Gasteiger partial charge in [-0.15, -0.1) is 0 Å². The van der Waals surface area contributed by atoms with Crippen molar-refractivity contribution in [1.29, 1.82) is 0 Å². The maximum absolute atomic E-state index is 13.1. The summed E-state index contributed by atoms with van der Waals surface area (Å²) >= 11 is 0. The number of benzene rings is 1. The molecule has 9 nitrogen and oxygen atoms in total. The third kappa shape index (κ3) is 5.88. The van der Waals surface area contributed by atoms with Crippen LogP contribution in [0.2, 0.25) is 0 Å². The molecular weight excluding hydrogens is 420 g/mol. The highest BCUT2D eigenvalue weighted by Crippen LogP contribution is 2.31. The lowest BCUT2D eigenvalue weighted by Gasteiger charge is -2.20. The Morgan fingerprint density at radius 3 is 2.48 bits per heavy atom. The van der Waals surface area contributed by atoms with Gasteiger partial charge >= 0.3 is 6.03 Å². The Hall–Kier alpha value is -2.33. The van der Waals surface area contributed by atoms with Gasteiger partial charge in [0.05, 0.1) is 6.61 Å². The molecular formula is C21H32N4O5S. The highest BCUT2D eigenvalue weighted by molar-refractivity contribution is 7.89. The van der Waals surface area contributed by atoms with Gasteiger partial charge < -0.3 is 15.4 Å². The molecule has 2 aliphatic rings. The molecule has 1 heterocycles. The number of hydrogen-bond acceptors (Lipinski definition) is 6. The van der Waals surface area contributed by atoms with Crippen LogP contribution in [0.5, 0.6) is 5.75 Å². The maximum atomic E-state index is 13.1. The van der Waals surface area contributed by atoms with Crippen LogP contribution in [0, 0.1) is 0 Å². The molecule has 0 aromatic heterocycles. The van der Waals surface area contributed by atoms with Crippen LogP contribution in [0.25, 0.3) is 0 Å². The summed E-state index contributed by atoms with van der Waals surface area (Å²) in [6, 6.07) is 3.61. The molecule has 0 radical (unpaired) electrons. The third-order valence-electron chi connectivity index (χ3n) is 5.63. The van der Waals surface area contributed by atoms with Crippen molar-refractivity contribution in [2.45, 2.75) is 69.4 Å². The number of nitrogens with one attached hydrogen (secondary N) is 3. The summed E-state index contributed by atoms with van der Waals surface area (Å²) in [5.74, 6) is -0.207. The molecule has 3 amide bonds. The standard InChI is InChI=1S/C21H32N4O5S/c1-3-30-18-11-10-17(14-19(18)31(28,29)25-12-6-7-13-25)22-15(2)20(26)24-21(27)23-16-8-4-5-9-16/h10-11,14-16,22H,3-9,12-13H2,1-2H3,(H2,23,24,26,27)/t15-/m1/s1. The number of carbonyl (C=O) groups is 2. The summed E-state index contributed by atoms with van der Waals surface area (Å²) in [4.78, 5) is 24.5. The van der Waals surface area contributed by atoms with Gasteiger partial charge in [-0.1, -0.05) is 12.8 Å². The number of hydrogen-bond donors (Lipinski definition) is 3. The van der Waals surface area contributed by atoms with E-state index in [1.165, 1.54) is 10.4 Å². The summed E-state index contributed by atoms with van der Waals surface area (Å²) in [5, 5.41) is 8.14. The molecule has 3 rings (SSSR count). The largest absolute Gasteiger partial charge is 0.492 e. The first-order valence-corrected chi connectivity index (χ1v) is 12.4. The summed E-state index contributed by atoms with van der Waals surface area (Å²) < 4.78 is 33.2. The van der Waals surface area contributed by atoms with E-state index in [-0.39, 0.29) is 16.7 Å². The molecule has 10 heteroatoms. The van der Waals surface area contributed by atoms with Crippen molar-refractivity contribution in [3.8, 4) is 5.75 Å². The molecule has 31 heavy (non-hydrogen) atoms. The van der Waals surface area contributed by atoms with E-state index in [0.717, 1.165) is 38.5 Å². The summed E-state index contributed by atoms with van der Waals surface area (Å²) in [5.41, 5.74) is 0.458. The van der Waals surface area contributed by atoms with E-state index >= 15 is 0 Å². The quantitative estimate of drug-likeness (QED) is 0.558. The number of imide groups is 1. The van der Waals surface area contributed by atoms with Gasteiger partial charge in [0, 0.05) is 24.8 Å². The fourth-order valence-electron chi connectivity index (χ4n) is 3.97. The van der Waals surface area contributed by atoms with Crippen LogP contribution in [0.15, 0.2) is 23.1 Å². The molecule has 1 aliphatic carbocycles. The van der Waals surface area contributed by atoms with Gasteiger partial charge in [0.25, 0.3) is 0 Å². The average molecular weight is 453 g/mol. The summed E-state index contributed by atoms with van der Waals surface area (Å²) in [7, 11) is -3.70. The minimum atomic E-state index is -3.70. The lowest BCUT2D eigenvalue weighted by atomic mass is 10.2. The number of urea groups is 1. The highest BCUT2D eigenvalue weighted by Gasteiger charge is 2.30. The molecule has 1 aromatic rings. The Morgan fingerprint density at radius 2 is 1.84 bits per heavy atom. The Bertz CT molecular complexity index is 893. The highest BCUT2D eigenvalue weighted by atomic mass is 32.2. The maximum Gasteiger partial charge on any atom is 0.321 e. The first-order valence-electron chi connectivity index (χ1n) is 11.0. The van der Waals surface area contributed by atoms with Gasteiger partial charge in [0.2, 0.25) is 15.9 Å². The Labute approximate surface area is 184 Å². The molecule has 1 saturated heterocycles. The molecule has 0 unspecified atom stereocenters. The predicted molar refractivity (Wildman–Crippen MR) is 118 cm³/mol. The SMILES string of the molecule is CCOc1ccc(N[C@H](C)C(=O)NC(=O)NC2CCCC2)cc1S(=O)(=O)N1CCCC1. The molecule has 1 aliphatic heterocycles. The van der Waals surface area contributed by atoms with Crippen LogP contribution in [0.1, 0.15) is 52.4 Å². The second kappa shape index (κ2) is 10.3. The van der Waals surface area contributed by atoms with E-state index < -0.39 is 28.0 Å². The van der Waals surface area contributed by atoms with Crippen LogP contribution in [0.3, 0.4) is 0 Å². The molecule has 0 bridgehead atoms. The van der Waals surface area contributed by atoms with Gasteiger partial charge in [-0.25, -0.2) is 13.2 Å². The third-order valence-corrected chi connectivity index (χ3v) is 7.55.